The summed E-state index contributed by atoms with van der Waals surface area (Å²) in [6.45, 7) is 4.55. The third-order valence-corrected chi connectivity index (χ3v) is 6.13. The van der Waals surface area contributed by atoms with E-state index >= 15 is 0 Å². The minimum absolute atomic E-state index is 0.157. The predicted octanol–water partition coefficient (Wildman–Crippen LogP) is 7.34. The molecule has 18 heavy (non-hydrogen) atoms. The number of rotatable bonds is 14. The van der Waals surface area contributed by atoms with Crippen LogP contribution in [0, 0.1) is 0 Å². The fourth-order valence-corrected chi connectivity index (χ4v) is 4.31. The zero-order valence-corrected chi connectivity index (χ0v) is 14.4. The third-order valence-electron chi connectivity index (χ3n) is 3.51. The average molecular weight is 293 g/mol. The van der Waals surface area contributed by atoms with Crippen LogP contribution in [0.25, 0.3) is 0 Å². The van der Waals surface area contributed by atoms with E-state index in [2.05, 4.69) is 13.8 Å². The molecule has 0 aromatic heterocycles. The lowest BCUT2D eigenvalue weighted by Crippen LogP contribution is -1.88. The van der Waals surface area contributed by atoms with Gasteiger partial charge in [0.2, 0.25) is 0 Å². The van der Waals surface area contributed by atoms with Gasteiger partial charge in [-0.2, -0.15) is 0 Å². The Hall–Kier alpha value is 0.720. The van der Waals surface area contributed by atoms with E-state index in [0.29, 0.717) is 0 Å². The molecule has 0 saturated carbocycles. The fraction of sp³-hybridized carbons (Fsp3) is 1.00. The molecule has 0 spiro atoms. The highest BCUT2D eigenvalue weighted by molar-refractivity contribution is 7.83. The smallest absolute Gasteiger partial charge is 0.00973 e. The van der Waals surface area contributed by atoms with Crippen molar-refractivity contribution >= 4 is 18.5 Å². The van der Waals surface area contributed by atoms with E-state index in [1.165, 1.54) is 89.4 Å². The van der Waals surface area contributed by atoms with Gasteiger partial charge in [-0.05, 0) is 32.4 Å². The molecule has 0 unspecified atom stereocenters. The van der Waals surface area contributed by atoms with Gasteiger partial charge in [0.25, 0.3) is 0 Å². The van der Waals surface area contributed by atoms with Crippen molar-refractivity contribution in [1.82, 2.24) is 0 Å². The fourth-order valence-electron chi connectivity index (χ4n) is 2.24. The largest absolute Gasteiger partial charge is 0.0964 e. The maximum atomic E-state index is 6.43. The van der Waals surface area contributed by atoms with Crippen molar-refractivity contribution in [1.29, 1.82) is 0 Å². The first-order chi connectivity index (χ1) is 8.81. The molecule has 0 heterocycles. The molecule has 0 aromatic rings. The normalized spacial score (nSPS) is 11.3. The molecule has 2 heteroatoms. The molecule has 110 valence electrons. The summed E-state index contributed by atoms with van der Waals surface area (Å²) in [6.07, 6.45) is 19.4. The van der Waals surface area contributed by atoms with Crippen molar-refractivity contribution in [2.24, 2.45) is 0 Å². The van der Waals surface area contributed by atoms with Crippen molar-refractivity contribution in [3.05, 3.63) is 0 Å². The van der Waals surface area contributed by atoms with Gasteiger partial charge in [-0.1, -0.05) is 89.3 Å². The molecular formula is C16H34ClP. The van der Waals surface area contributed by atoms with Gasteiger partial charge in [-0.25, -0.2) is 0 Å². The summed E-state index contributed by atoms with van der Waals surface area (Å²) in [6, 6.07) is 0. The minimum atomic E-state index is -0.157. The van der Waals surface area contributed by atoms with Crippen LogP contribution < -0.4 is 0 Å². The molecule has 0 N–H and O–H groups in total. The molecule has 0 nitrogen and oxygen atoms in total. The van der Waals surface area contributed by atoms with Gasteiger partial charge in [-0.15, -0.1) is 0 Å². The zero-order valence-electron chi connectivity index (χ0n) is 12.7. The average Bonchev–Trinajstić information content (AvgIpc) is 2.38. The first kappa shape index (κ1) is 18.7. The lowest BCUT2D eigenvalue weighted by molar-refractivity contribution is 0.622. The van der Waals surface area contributed by atoms with Crippen molar-refractivity contribution in [2.45, 2.75) is 90.9 Å². The molecule has 0 fully saturated rings. The number of hydrogen-bond acceptors (Lipinski definition) is 0. The van der Waals surface area contributed by atoms with Crippen LogP contribution in [0.5, 0.6) is 0 Å². The van der Waals surface area contributed by atoms with E-state index in [1.54, 1.807) is 0 Å². The standard InChI is InChI=1S/C16H34ClP/c1-3-5-7-9-11-13-15-18(17)16-14-12-10-8-6-4-2/h3-16H2,1-2H3. The Balaban J connectivity index is 3.10. The molecule has 0 rings (SSSR count). The summed E-state index contributed by atoms with van der Waals surface area (Å²) in [5.74, 6) is 0. The molecule has 0 saturated heterocycles. The lowest BCUT2D eigenvalue weighted by atomic mass is 10.1. The Bertz CT molecular complexity index is 134. The van der Waals surface area contributed by atoms with Crippen molar-refractivity contribution in [3.8, 4) is 0 Å². The SMILES string of the molecule is CCCCCCCCP(Cl)CCCCCCCC. The van der Waals surface area contributed by atoms with Gasteiger partial charge in [0.1, 0.15) is 0 Å². The van der Waals surface area contributed by atoms with Gasteiger partial charge in [0.15, 0.2) is 0 Å². The maximum Gasteiger partial charge on any atom is -0.00973 e. The van der Waals surface area contributed by atoms with Crippen LogP contribution in [0.1, 0.15) is 90.9 Å². The van der Waals surface area contributed by atoms with E-state index in [9.17, 15) is 0 Å². The highest BCUT2D eigenvalue weighted by atomic mass is 35.7. The monoisotopic (exact) mass is 292 g/mol. The molecule has 0 aliphatic carbocycles. The quantitative estimate of drug-likeness (QED) is 0.232. The second kappa shape index (κ2) is 15.8. The van der Waals surface area contributed by atoms with E-state index in [1.807, 2.05) is 0 Å². The van der Waals surface area contributed by atoms with Crippen molar-refractivity contribution < 1.29 is 0 Å². The van der Waals surface area contributed by atoms with Crippen LogP contribution in [-0.4, -0.2) is 12.3 Å². The number of halogens is 1. The van der Waals surface area contributed by atoms with E-state index in [-0.39, 0.29) is 7.27 Å². The zero-order chi connectivity index (χ0) is 13.5. The second-order valence-electron chi connectivity index (χ2n) is 5.45. The minimum Gasteiger partial charge on any atom is -0.0964 e. The van der Waals surface area contributed by atoms with Crippen molar-refractivity contribution in [3.63, 3.8) is 0 Å². The van der Waals surface area contributed by atoms with Gasteiger partial charge >= 0.3 is 0 Å². The third kappa shape index (κ3) is 14.8. The molecule has 0 atom stereocenters. The number of hydrogen-bond donors (Lipinski definition) is 0. The second-order valence-corrected chi connectivity index (χ2v) is 8.70. The topological polar surface area (TPSA) is 0 Å². The van der Waals surface area contributed by atoms with Gasteiger partial charge in [0.05, 0.1) is 0 Å². The van der Waals surface area contributed by atoms with Crippen molar-refractivity contribution in [2.75, 3.05) is 12.3 Å². The van der Waals surface area contributed by atoms with Crippen LogP contribution in [-0.2, 0) is 0 Å². The van der Waals surface area contributed by atoms with Gasteiger partial charge in [0, 0.05) is 0 Å². The molecule has 0 aromatic carbocycles. The Labute approximate surface area is 122 Å². The summed E-state index contributed by atoms with van der Waals surface area (Å²) in [4.78, 5) is 0. The number of unbranched alkanes of at least 4 members (excludes halogenated alkanes) is 10. The highest BCUT2D eigenvalue weighted by Crippen LogP contribution is 2.43. The van der Waals surface area contributed by atoms with E-state index in [0.717, 1.165) is 0 Å². The molecule has 0 radical (unpaired) electrons. The van der Waals surface area contributed by atoms with Crippen LogP contribution in [0.15, 0.2) is 0 Å². The first-order valence-electron chi connectivity index (χ1n) is 8.22. The summed E-state index contributed by atoms with van der Waals surface area (Å²) in [5, 5.41) is 0. The highest BCUT2D eigenvalue weighted by Gasteiger charge is 2.03. The van der Waals surface area contributed by atoms with Gasteiger partial charge in [-0.3, -0.25) is 0 Å². The maximum absolute atomic E-state index is 6.43. The lowest BCUT2D eigenvalue weighted by Gasteiger charge is -2.09. The molecular weight excluding hydrogens is 259 g/mol. The van der Waals surface area contributed by atoms with Crippen LogP contribution >= 0.6 is 18.5 Å². The van der Waals surface area contributed by atoms with Crippen LogP contribution in [0.4, 0.5) is 0 Å². The molecule has 0 amide bonds. The Kier molecular flexibility index (Phi) is 16.4. The van der Waals surface area contributed by atoms with Gasteiger partial charge < -0.3 is 0 Å². The van der Waals surface area contributed by atoms with Crippen LogP contribution in [0.2, 0.25) is 0 Å². The molecule has 0 aliphatic rings. The summed E-state index contributed by atoms with van der Waals surface area (Å²) < 4.78 is 0. The molecule has 0 aliphatic heterocycles. The Morgan fingerprint density at radius 3 is 1.28 bits per heavy atom. The summed E-state index contributed by atoms with van der Waals surface area (Å²) >= 11 is 6.43. The molecule has 0 bridgehead atoms. The van der Waals surface area contributed by atoms with E-state index < -0.39 is 0 Å². The van der Waals surface area contributed by atoms with Crippen LogP contribution in [0.3, 0.4) is 0 Å². The first-order valence-corrected chi connectivity index (χ1v) is 10.8. The summed E-state index contributed by atoms with van der Waals surface area (Å²) in [5.41, 5.74) is 0. The predicted molar refractivity (Wildman–Crippen MR) is 89.3 cm³/mol. The Morgan fingerprint density at radius 1 is 0.556 bits per heavy atom. The summed E-state index contributed by atoms with van der Waals surface area (Å²) in [7, 11) is -0.157. The van der Waals surface area contributed by atoms with E-state index in [4.69, 9.17) is 11.2 Å². The Morgan fingerprint density at radius 2 is 0.889 bits per heavy atom.